The van der Waals surface area contributed by atoms with Crippen molar-refractivity contribution in [3.05, 3.63) is 69.3 Å². The second-order valence-electron chi connectivity index (χ2n) is 5.08. The zero-order valence-corrected chi connectivity index (χ0v) is 14.5. The molecule has 23 heavy (non-hydrogen) atoms. The largest absolute Gasteiger partial charge is 0.327 e. The Balaban J connectivity index is 1.98. The fourth-order valence-electron chi connectivity index (χ4n) is 2.34. The van der Waals surface area contributed by atoms with Crippen molar-refractivity contribution in [1.29, 1.82) is 0 Å². The first-order valence-electron chi connectivity index (χ1n) is 6.85. The minimum Gasteiger partial charge on any atom is -0.327 e. The van der Waals surface area contributed by atoms with Gasteiger partial charge in [-0.3, -0.25) is 9.69 Å². The van der Waals surface area contributed by atoms with Crippen LogP contribution in [0, 0.1) is 6.92 Å². The lowest BCUT2D eigenvalue weighted by atomic mass is 10.1. The SMILES string of the molecule is Cc1ccccc1N1C(=O)/C(=C\c2ccc(Cl)cc2Cl)NC1=S. The van der Waals surface area contributed by atoms with Gasteiger partial charge in [0.15, 0.2) is 5.11 Å². The topological polar surface area (TPSA) is 32.3 Å². The Morgan fingerprint density at radius 2 is 1.91 bits per heavy atom. The third-order valence-corrected chi connectivity index (χ3v) is 4.34. The van der Waals surface area contributed by atoms with Crippen molar-refractivity contribution in [1.82, 2.24) is 5.32 Å². The zero-order chi connectivity index (χ0) is 16.6. The molecule has 6 heteroatoms. The third kappa shape index (κ3) is 3.11. The second-order valence-corrected chi connectivity index (χ2v) is 6.31. The number of carbonyl (C=O) groups is 1. The first-order valence-corrected chi connectivity index (χ1v) is 8.01. The minimum absolute atomic E-state index is 0.213. The first-order chi connectivity index (χ1) is 11.0. The molecule has 0 aromatic heterocycles. The van der Waals surface area contributed by atoms with Gasteiger partial charge in [-0.05, 0) is 54.5 Å². The molecule has 0 unspecified atom stereocenters. The van der Waals surface area contributed by atoms with Crippen LogP contribution in [0.4, 0.5) is 5.69 Å². The Kier molecular flexibility index (Phi) is 4.39. The van der Waals surface area contributed by atoms with Crippen molar-refractivity contribution in [3.8, 4) is 0 Å². The summed E-state index contributed by atoms with van der Waals surface area (Å²) in [5.41, 5.74) is 2.81. The average molecular weight is 363 g/mol. The molecule has 2 aromatic rings. The van der Waals surface area contributed by atoms with Gasteiger partial charge in [-0.1, -0.05) is 47.5 Å². The number of hydrogen-bond acceptors (Lipinski definition) is 2. The van der Waals surface area contributed by atoms with Crippen LogP contribution in [-0.4, -0.2) is 11.0 Å². The van der Waals surface area contributed by atoms with E-state index in [0.29, 0.717) is 26.4 Å². The van der Waals surface area contributed by atoms with Gasteiger partial charge in [-0.2, -0.15) is 0 Å². The van der Waals surface area contributed by atoms with Gasteiger partial charge >= 0.3 is 0 Å². The van der Waals surface area contributed by atoms with Crippen LogP contribution in [-0.2, 0) is 4.79 Å². The summed E-state index contributed by atoms with van der Waals surface area (Å²) in [6.45, 7) is 1.93. The number of amides is 1. The molecule has 1 fully saturated rings. The van der Waals surface area contributed by atoms with Crippen LogP contribution in [0.5, 0.6) is 0 Å². The summed E-state index contributed by atoms with van der Waals surface area (Å²) < 4.78 is 0. The third-order valence-electron chi connectivity index (χ3n) is 3.50. The highest BCUT2D eigenvalue weighted by Gasteiger charge is 2.32. The summed E-state index contributed by atoms with van der Waals surface area (Å²) in [6, 6.07) is 12.7. The van der Waals surface area contributed by atoms with Gasteiger partial charge in [0.05, 0.1) is 5.69 Å². The van der Waals surface area contributed by atoms with Gasteiger partial charge < -0.3 is 5.32 Å². The summed E-state index contributed by atoms with van der Waals surface area (Å²) in [6.07, 6.45) is 1.67. The van der Waals surface area contributed by atoms with Gasteiger partial charge in [-0.15, -0.1) is 0 Å². The van der Waals surface area contributed by atoms with E-state index in [1.807, 2.05) is 31.2 Å². The van der Waals surface area contributed by atoms with E-state index in [2.05, 4.69) is 5.32 Å². The van der Waals surface area contributed by atoms with Gasteiger partial charge in [0.2, 0.25) is 0 Å². The average Bonchev–Trinajstić information content (AvgIpc) is 2.77. The van der Waals surface area contributed by atoms with E-state index in [4.69, 9.17) is 35.4 Å². The maximum Gasteiger partial charge on any atom is 0.281 e. The number of rotatable bonds is 2. The van der Waals surface area contributed by atoms with Crippen molar-refractivity contribution in [3.63, 3.8) is 0 Å². The molecule has 1 saturated heterocycles. The molecule has 0 saturated carbocycles. The van der Waals surface area contributed by atoms with E-state index in [1.165, 1.54) is 4.90 Å². The van der Waals surface area contributed by atoms with E-state index in [0.717, 1.165) is 11.3 Å². The van der Waals surface area contributed by atoms with Crippen LogP contribution in [0.25, 0.3) is 6.08 Å². The smallest absolute Gasteiger partial charge is 0.281 e. The van der Waals surface area contributed by atoms with E-state index in [9.17, 15) is 4.79 Å². The lowest BCUT2D eigenvalue weighted by Crippen LogP contribution is -2.30. The van der Waals surface area contributed by atoms with Crippen LogP contribution in [0.2, 0.25) is 10.0 Å². The quantitative estimate of drug-likeness (QED) is 0.627. The Morgan fingerprint density at radius 1 is 1.17 bits per heavy atom. The Bertz CT molecular complexity index is 848. The van der Waals surface area contributed by atoms with Crippen molar-refractivity contribution in [2.24, 2.45) is 0 Å². The number of benzene rings is 2. The summed E-state index contributed by atoms with van der Waals surface area (Å²) in [7, 11) is 0. The number of nitrogens with one attached hydrogen (secondary N) is 1. The molecule has 1 N–H and O–H groups in total. The number of para-hydroxylation sites is 1. The Hall–Kier alpha value is -1.88. The lowest BCUT2D eigenvalue weighted by molar-refractivity contribution is -0.113. The minimum atomic E-state index is -0.213. The molecular weight excluding hydrogens is 351 g/mol. The molecule has 1 heterocycles. The standard InChI is InChI=1S/C17H12Cl2N2OS/c1-10-4-2-3-5-15(10)21-16(22)14(20-17(21)23)8-11-6-7-12(18)9-13(11)19/h2-9H,1H3,(H,20,23)/b14-8+. The maximum absolute atomic E-state index is 12.7. The Labute approximate surface area is 149 Å². The number of carbonyl (C=O) groups excluding carboxylic acids is 1. The molecule has 116 valence electrons. The molecule has 3 nitrogen and oxygen atoms in total. The van der Waals surface area contributed by atoms with Crippen molar-refractivity contribution >= 4 is 58.2 Å². The fraction of sp³-hybridized carbons (Fsp3) is 0.0588. The molecule has 1 amide bonds. The highest BCUT2D eigenvalue weighted by molar-refractivity contribution is 7.80. The van der Waals surface area contributed by atoms with E-state index in [1.54, 1.807) is 24.3 Å². The predicted octanol–water partition coefficient (Wildman–Crippen LogP) is 4.56. The number of anilines is 1. The molecule has 0 spiro atoms. The van der Waals surface area contributed by atoms with Crippen LogP contribution in [0.15, 0.2) is 48.2 Å². The zero-order valence-electron chi connectivity index (χ0n) is 12.1. The van der Waals surface area contributed by atoms with E-state index < -0.39 is 0 Å². The van der Waals surface area contributed by atoms with Gasteiger partial charge in [0.25, 0.3) is 5.91 Å². The lowest BCUT2D eigenvalue weighted by Gasteiger charge is -2.16. The van der Waals surface area contributed by atoms with Crippen molar-refractivity contribution in [2.45, 2.75) is 6.92 Å². The van der Waals surface area contributed by atoms with Crippen molar-refractivity contribution in [2.75, 3.05) is 4.90 Å². The van der Waals surface area contributed by atoms with E-state index >= 15 is 0 Å². The highest BCUT2D eigenvalue weighted by Crippen LogP contribution is 2.27. The molecule has 3 rings (SSSR count). The predicted molar refractivity (Wildman–Crippen MR) is 98.8 cm³/mol. The molecule has 1 aliphatic heterocycles. The summed E-state index contributed by atoms with van der Waals surface area (Å²) in [4.78, 5) is 14.2. The van der Waals surface area contributed by atoms with Gasteiger partial charge in [-0.25, -0.2) is 0 Å². The summed E-state index contributed by atoms with van der Waals surface area (Å²) >= 11 is 17.4. The second kappa shape index (κ2) is 6.32. The summed E-state index contributed by atoms with van der Waals surface area (Å²) in [5, 5.41) is 4.31. The van der Waals surface area contributed by atoms with Gasteiger partial charge in [0, 0.05) is 10.0 Å². The van der Waals surface area contributed by atoms with E-state index in [-0.39, 0.29) is 5.91 Å². The first kappa shape index (κ1) is 16.0. The van der Waals surface area contributed by atoms with Crippen LogP contribution >= 0.6 is 35.4 Å². The maximum atomic E-state index is 12.7. The van der Waals surface area contributed by atoms with Crippen LogP contribution in [0.3, 0.4) is 0 Å². The molecule has 0 aliphatic carbocycles. The molecule has 2 aromatic carbocycles. The number of nitrogens with zero attached hydrogens (tertiary/aromatic N) is 1. The highest BCUT2D eigenvalue weighted by atomic mass is 35.5. The van der Waals surface area contributed by atoms with Crippen LogP contribution < -0.4 is 10.2 Å². The number of hydrogen-bond donors (Lipinski definition) is 1. The molecular formula is C17H12Cl2N2OS. The molecule has 0 atom stereocenters. The Morgan fingerprint density at radius 3 is 2.61 bits per heavy atom. The fourth-order valence-corrected chi connectivity index (χ4v) is 3.10. The van der Waals surface area contributed by atoms with Gasteiger partial charge in [0.1, 0.15) is 5.70 Å². The number of thiocarbonyl (C=S) groups is 1. The monoisotopic (exact) mass is 362 g/mol. The molecule has 0 radical (unpaired) electrons. The normalized spacial score (nSPS) is 16.1. The van der Waals surface area contributed by atoms with Crippen LogP contribution in [0.1, 0.15) is 11.1 Å². The number of halogens is 2. The summed E-state index contributed by atoms with van der Waals surface area (Å²) in [5.74, 6) is -0.213. The number of aryl methyl sites for hydroxylation is 1. The molecule has 0 bridgehead atoms. The van der Waals surface area contributed by atoms with Crippen molar-refractivity contribution < 1.29 is 4.79 Å². The molecule has 1 aliphatic rings.